The first-order valence-corrected chi connectivity index (χ1v) is 7.73. The Morgan fingerprint density at radius 2 is 2.09 bits per heavy atom. The van der Waals surface area contributed by atoms with E-state index >= 15 is 0 Å². The highest BCUT2D eigenvalue weighted by Crippen LogP contribution is 2.31. The van der Waals surface area contributed by atoms with Crippen molar-refractivity contribution >= 4 is 22.7 Å². The summed E-state index contributed by atoms with van der Waals surface area (Å²) in [6, 6.07) is 3.29. The highest BCUT2D eigenvalue weighted by atomic mass is 32.1. The van der Waals surface area contributed by atoms with E-state index in [-0.39, 0.29) is 22.8 Å². The van der Waals surface area contributed by atoms with E-state index in [9.17, 15) is 14.5 Å². The van der Waals surface area contributed by atoms with Gasteiger partial charge in [-0.15, -0.1) is 11.3 Å². The number of rotatable bonds is 4. The number of thiazole rings is 1. The summed E-state index contributed by atoms with van der Waals surface area (Å²) in [7, 11) is 0. The first-order chi connectivity index (χ1) is 10.2. The van der Waals surface area contributed by atoms with E-state index in [1.165, 1.54) is 23.5 Å². The predicted octanol–water partition coefficient (Wildman–Crippen LogP) is 4.66. The molecule has 0 fully saturated rings. The molecule has 0 radical (unpaired) electrons. The Bertz CT molecular complexity index is 694. The van der Waals surface area contributed by atoms with Gasteiger partial charge in [-0.1, -0.05) is 20.8 Å². The monoisotopic (exact) mass is 323 g/mol. The number of anilines is 1. The van der Waals surface area contributed by atoms with Gasteiger partial charge in [0, 0.05) is 10.8 Å². The molecular formula is C15H18FN3O2S. The van der Waals surface area contributed by atoms with Crippen molar-refractivity contribution in [2.75, 3.05) is 5.32 Å². The molecule has 0 saturated carbocycles. The predicted molar refractivity (Wildman–Crippen MR) is 85.9 cm³/mol. The first kappa shape index (κ1) is 16.4. The zero-order chi connectivity index (χ0) is 16.5. The lowest BCUT2D eigenvalue weighted by atomic mass is 9.93. The van der Waals surface area contributed by atoms with Crippen molar-refractivity contribution < 1.29 is 9.31 Å². The molecule has 1 atom stereocenters. The summed E-state index contributed by atoms with van der Waals surface area (Å²) >= 11 is 1.50. The van der Waals surface area contributed by atoms with Gasteiger partial charge < -0.3 is 5.32 Å². The summed E-state index contributed by atoms with van der Waals surface area (Å²) in [5, 5.41) is 16.9. The molecule has 22 heavy (non-hydrogen) atoms. The molecule has 1 aromatic heterocycles. The van der Waals surface area contributed by atoms with Gasteiger partial charge in [0.25, 0.3) is 5.69 Å². The van der Waals surface area contributed by atoms with Crippen LogP contribution in [0.15, 0.2) is 23.6 Å². The highest BCUT2D eigenvalue weighted by Gasteiger charge is 2.21. The molecule has 0 amide bonds. The third-order valence-electron chi connectivity index (χ3n) is 3.19. The maximum absolute atomic E-state index is 13.2. The van der Waals surface area contributed by atoms with E-state index in [0.717, 1.165) is 16.8 Å². The Balaban J connectivity index is 2.24. The Labute approximate surface area is 132 Å². The van der Waals surface area contributed by atoms with Crippen molar-refractivity contribution in [1.29, 1.82) is 0 Å². The van der Waals surface area contributed by atoms with Crippen LogP contribution in [0.3, 0.4) is 0 Å². The van der Waals surface area contributed by atoms with Crippen LogP contribution in [0, 0.1) is 15.9 Å². The lowest BCUT2D eigenvalue weighted by Crippen LogP contribution is -2.13. The van der Waals surface area contributed by atoms with Crippen LogP contribution >= 0.6 is 11.3 Å². The molecule has 1 aromatic carbocycles. The van der Waals surface area contributed by atoms with Gasteiger partial charge in [-0.3, -0.25) is 10.1 Å². The number of nitro groups is 1. The summed E-state index contributed by atoms with van der Waals surface area (Å²) in [4.78, 5) is 15.0. The lowest BCUT2D eigenvalue weighted by molar-refractivity contribution is -0.384. The minimum Gasteiger partial charge on any atom is -0.371 e. The van der Waals surface area contributed by atoms with Crippen LogP contribution in [0.5, 0.6) is 0 Å². The fourth-order valence-electron chi connectivity index (χ4n) is 1.90. The van der Waals surface area contributed by atoms with Crippen molar-refractivity contribution in [3.05, 3.63) is 50.2 Å². The van der Waals surface area contributed by atoms with E-state index in [0.29, 0.717) is 0 Å². The number of benzene rings is 1. The molecule has 1 heterocycles. The molecule has 5 nitrogen and oxygen atoms in total. The van der Waals surface area contributed by atoms with Gasteiger partial charge in [0.1, 0.15) is 16.5 Å². The van der Waals surface area contributed by atoms with Gasteiger partial charge in [-0.25, -0.2) is 9.37 Å². The molecule has 118 valence electrons. The number of aromatic nitrogens is 1. The van der Waals surface area contributed by atoms with Crippen LogP contribution in [-0.4, -0.2) is 9.91 Å². The molecule has 7 heteroatoms. The van der Waals surface area contributed by atoms with Crippen LogP contribution in [-0.2, 0) is 5.41 Å². The van der Waals surface area contributed by atoms with Crippen LogP contribution in [0.25, 0.3) is 0 Å². The summed E-state index contributed by atoms with van der Waals surface area (Å²) in [6.45, 7) is 8.11. The van der Waals surface area contributed by atoms with Crippen molar-refractivity contribution in [2.24, 2.45) is 0 Å². The standard InChI is InChI=1S/C15H18FN3O2S/c1-9(14-18-13(8-22-14)15(2,3)4)17-11-6-5-10(16)7-12(11)19(20)21/h5-9,17H,1-4H3. The normalized spacial score (nSPS) is 13.0. The maximum Gasteiger partial charge on any atom is 0.295 e. The van der Waals surface area contributed by atoms with Gasteiger partial charge in [0.2, 0.25) is 0 Å². The lowest BCUT2D eigenvalue weighted by Gasteiger charge is -2.16. The Kier molecular flexibility index (Phi) is 4.46. The van der Waals surface area contributed by atoms with E-state index in [1.54, 1.807) is 0 Å². The summed E-state index contributed by atoms with van der Waals surface area (Å²) < 4.78 is 13.2. The van der Waals surface area contributed by atoms with Crippen molar-refractivity contribution in [3.63, 3.8) is 0 Å². The average molecular weight is 323 g/mol. The van der Waals surface area contributed by atoms with Gasteiger partial charge in [0.05, 0.1) is 22.7 Å². The molecule has 1 unspecified atom stereocenters. The third kappa shape index (κ3) is 3.59. The van der Waals surface area contributed by atoms with Crippen molar-refractivity contribution in [2.45, 2.75) is 39.2 Å². The second kappa shape index (κ2) is 6.00. The molecule has 0 aliphatic carbocycles. The number of nitro benzene ring substituents is 1. The molecule has 0 bridgehead atoms. The number of hydrogen-bond donors (Lipinski definition) is 1. The van der Waals surface area contributed by atoms with Crippen LogP contribution in [0.4, 0.5) is 15.8 Å². The van der Waals surface area contributed by atoms with Crippen molar-refractivity contribution in [1.82, 2.24) is 4.98 Å². The van der Waals surface area contributed by atoms with Gasteiger partial charge in [-0.2, -0.15) is 0 Å². The third-order valence-corrected chi connectivity index (χ3v) is 4.22. The number of nitrogens with zero attached hydrogens (tertiary/aromatic N) is 2. The average Bonchev–Trinajstić information content (AvgIpc) is 2.90. The molecule has 0 spiro atoms. The maximum atomic E-state index is 13.2. The topological polar surface area (TPSA) is 68.1 Å². The second-order valence-corrected chi connectivity index (χ2v) is 7.00. The SMILES string of the molecule is CC(Nc1ccc(F)cc1[N+](=O)[O-])c1nc(C(C)(C)C)cs1. The smallest absolute Gasteiger partial charge is 0.295 e. The second-order valence-electron chi connectivity index (χ2n) is 6.11. The summed E-state index contributed by atoms with van der Waals surface area (Å²) in [5.74, 6) is -0.630. The fraction of sp³-hybridized carbons (Fsp3) is 0.400. The summed E-state index contributed by atoms with van der Waals surface area (Å²) in [6.07, 6.45) is 0. The van der Waals surface area contributed by atoms with Crippen LogP contribution in [0.1, 0.15) is 44.4 Å². The van der Waals surface area contributed by atoms with Gasteiger partial charge in [-0.05, 0) is 19.1 Å². The van der Waals surface area contributed by atoms with Crippen molar-refractivity contribution in [3.8, 4) is 0 Å². The number of halogens is 1. The zero-order valence-corrected chi connectivity index (χ0v) is 13.7. The summed E-state index contributed by atoms with van der Waals surface area (Å²) in [5.41, 5.74) is 0.941. The fourth-order valence-corrected chi connectivity index (χ4v) is 2.96. The molecule has 0 saturated heterocycles. The molecule has 1 N–H and O–H groups in total. The quantitative estimate of drug-likeness (QED) is 0.656. The molecule has 0 aliphatic heterocycles. The Hall–Kier alpha value is -2.02. The van der Waals surface area contributed by atoms with E-state index in [4.69, 9.17) is 0 Å². The number of hydrogen-bond acceptors (Lipinski definition) is 5. The molecule has 0 aliphatic rings. The van der Waals surface area contributed by atoms with Gasteiger partial charge >= 0.3 is 0 Å². The Morgan fingerprint density at radius 3 is 2.64 bits per heavy atom. The first-order valence-electron chi connectivity index (χ1n) is 6.85. The zero-order valence-electron chi connectivity index (χ0n) is 12.9. The minimum absolute atomic E-state index is 0.0453. The van der Waals surface area contributed by atoms with Gasteiger partial charge in [0.15, 0.2) is 0 Å². The van der Waals surface area contributed by atoms with E-state index < -0.39 is 10.7 Å². The highest BCUT2D eigenvalue weighted by molar-refractivity contribution is 7.09. The molecular weight excluding hydrogens is 305 g/mol. The molecule has 2 aromatic rings. The largest absolute Gasteiger partial charge is 0.371 e. The number of nitrogens with one attached hydrogen (secondary N) is 1. The molecule has 2 rings (SSSR count). The van der Waals surface area contributed by atoms with Crippen LogP contribution in [0.2, 0.25) is 0 Å². The Morgan fingerprint density at radius 1 is 1.41 bits per heavy atom. The minimum atomic E-state index is -0.630. The van der Waals surface area contributed by atoms with Crippen LogP contribution < -0.4 is 5.32 Å². The van der Waals surface area contributed by atoms with E-state index in [2.05, 4.69) is 31.1 Å². The van der Waals surface area contributed by atoms with E-state index in [1.807, 2.05) is 12.3 Å².